The molecule has 0 saturated heterocycles. The van der Waals surface area contributed by atoms with Crippen LogP contribution in [0.2, 0.25) is 0 Å². The van der Waals surface area contributed by atoms with Crippen LogP contribution in [-0.4, -0.2) is 9.55 Å². The van der Waals surface area contributed by atoms with Crippen LogP contribution >= 0.6 is 11.3 Å². The number of hydrogen-bond acceptors (Lipinski definition) is 2. The van der Waals surface area contributed by atoms with Crippen LogP contribution in [-0.2, 0) is 6.54 Å². The van der Waals surface area contributed by atoms with Crippen molar-refractivity contribution in [1.29, 1.82) is 0 Å². The number of aryl methyl sites for hydroxylation is 1. The van der Waals surface area contributed by atoms with E-state index in [2.05, 4.69) is 53.3 Å². The van der Waals surface area contributed by atoms with E-state index in [9.17, 15) is 0 Å². The third-order valence-corrected chi connectivity index (χ3v) is 5.75. The molecule has 0 aliphatic rings. The number of aromatic nitrogens is 2. The predicted molar refractivity (Wildman–Crippen MR) is 110 cm³/mol. The van der Waals surface area contributed by atoms with Crippen molar-refractivity contribution in [2.24, 2.45) is 0 Å². The normalized spacial score (nSPS) is 11.4. The lowest BCUT2D eigenvalue weighted by atomic mass is 10.1. The van der Waals surface area contributed by atoms with E-state index in [4.69, 9.17) is 4.98 Å². The zero-order chi connectivity index (χ0) is 17.3. The SMILES string of the molecule is CCCCCCCCCCCn1c(-c2cccs2)nc2ccccc21. The van der Waals surface area contributed by atoms with Gasteiger partial charge in [-0.05, 0) is 30.0 Å². The Labute approximate surface area is 155 Å². The smallest absolute Gasteiger partial charge is 0.151 e. The summed E-state index contributed by atoms with van der Waals surface area (Å²) in [6.07, 6.45) is 12.3. The number of unbranched alkanes of at least 4 members (excludes halogenated alkanes) is 8. The molecule has 2 nitrogen and oxygen atoms in total. The fraction of sp³-hybridized carbons (Fsp3) is 0.500. The maximum absolute atomic E-state index is 4.89. The van der Waals surface area contributed by atoms with Gasteiger partial charge in [-0.15, -0.1) is 11.3 Å². The number of hydrogen-bond donors (Lipinski definition) is 0. The summed E-state index contributed by atoms with van der Waals surface area (Å²) >= 11 is 1.78. The Hall–Kier alpha value is -1.61. The highest BCUT2D eigenvalue weighted by Crippen LogP contribution is 2.28. The van der Waals surface area contributed by atoms with E-state index < -0.39 is 0 Å². The first-order chi connectivity index (χ1) is 12.4. The van der Waals surface area contributed by atoms with Crippen molar-refractivity contribution in [3.8, 4) is 10.7 Å². The van der Waals surface area contributed by atoms with Crippen LogP contribution in [0.4, 0.5) is 0 Å². The van der Waals surface area contributed by atoms with Gasteiger partial charge in [-0.25, -0.2) is 4.98 Å². The molecule has 3 rings (SSSR count). The molecule has 0 bridgehead atoms. The van der Waals surface area contributed by atoms with Crippen molar-refractivity contribution in [2.45, 2.75) is 71.3 Å². The molecule has 1 aromatic carbocycles. The second-order valence-corrected chi connectivity index (χ2v) is 7.83. The standard InChI is InChI=1S/C22H30N2S/c1-2-3-4-5-6-7-8-9-12-17-24-20-15-11-10-14-19(20)23-22(24)21-16-13-18-25-21/h10-11,13-16,18H,2-9,12,17H2,1H3. The molecule has 0 aliphatic heterocycles. The quantitative estimate of drug-likeness (QED) is 0.330. The highest BCUT2D eigenvalue weighted by atomic mass is 32.1. The molecule has 0 atom stereocenters. The van der Waals surface area contributed by atoms with Crippen molar-refractivity contribution >= 4 is 22.4 Å². The van der Waals surface area contributed by atoms with E-state index in [0.29, 0.717) is 0 Å². The third kappa shape index (κ3) is 4.94. The number of imidazole rings is 1. The van der Waals surface area contributed by atoms with E-state index in [0.717, 1.165) is 17.9 Å². The van der Waals surface area contributed by atoms with E-state index >= 15 is 0 Å². The number of rotatable bonds is 11. The lowest BCUT2D eigenvalue weighted by Crippen LogP contribution is -2.00. The number of para-hydroxylation sites is 2. The Morgan fingerprint density at radius 3 is 2.28 bits per heavy atom. The van der Waals surface area contributed by atoms with Gasteiger partial charge in [0.25, 0.3) is 0 Å². The Balaban J connectivity index is 1.53. The highest BCUT2D eigenvalue weighted by Gasteiger charge is 2.12. The summed E-state index contributed by atoms with van der Waals surface area (Å²) in [7, 11) is 0. The summed E-state index contributed by atoms with van der Waals surface area (Å²) in [6, 6.07) is 12.8. The van der Waals surface area contributed by atoms with Crippen LogP contribution < -0.4 is 0 Å². The van der Waals surface area contributed by atoms with Crippen LogP contribution in [0.25, 0.3) is 21.7 Å². The summed E-state index contributed by atoms with van der Waals surface area (Å²) < 4.78 is 2.42. The molecule has 0 amide bonds. The molecule has 0 N–H and O–H groups in total. The highest BCUT2D eigenvalue weighted by molar-refractivity contribution is 7.13. The van der Waals surface area contributed by atoms with Gasteiger partial charge in [0.2, 0.25) is 0 Å². The van der Waals surface area contributed by atoms with Gasteiger partial charge >= 0.3 is 0 Å². The molecule has 0 spiro atoms. The van der Waals surface area contributed by atoms with Gasteiger partial charge in [-0.1, -0.05) is 76.5 Å². The first-order valence-corrected chi connectivity index (χ1v) is 10.8. The second-order valence-electron chi connectivity index (χ2n) is 6.88. The zero-order valence-electron chi connectivity index (χ0n) is 15.4. The zero-order valence-corrected chi connectivity index (χ0v) is 16.2. The maximum atomic E-state index is 4.89. The molecule has 3 heteroatoms. The van der Waals surface area contributed by atoms with Gasteiger partial charge < -0.3 is 4.57 Å². The van der Waals surface area contributed by atoms with Crippen LogP contribution in [0.1, 0.15) is 64.7 Å². The number of nitrogens with zero attached hydrogens (tertiary/aromatic N) is 2. The van der Waals surface area contributed by atoms with Crippen molar-refractivity contribution in [1.82, 2.24) is 9.55 Å². The van der Waals surface area contributed by atoms with E-state index in [1.54, 1.807) is 11.3 Å². The molecule has 25 heavy (non-hydrogen) atoms. The van der Waals surface area contributed by atoms with Crippen LogP contribution in [0.15, 0.2) is 41.8 Å². The van der Waals surface area contributed by atoms with Crippen molar-refractivity contribution in [3.63, 3.8) is 0 Å². The summed E-state index contributed by atoms with van der Waals surface area (Å²) in [4.78, 5) is 6.16. The number of benzene rings is 1. The van der Waals surface area contributed by atoms with Crippen molar-refractivity contribution < 1.29 is 0 Å². The molecule has 0 fully saturated rings. The molecule has 0 saturated carbocycles. The van der Waals surface area contributed by atoms with Gasteiger partial charge in [-0.2, -0.15) is 0 Å². The van der Waals surface area contributed by atoms with Gasteiger partial charge in [0.1, 0.15) is 0 Å². The van der Waals surface area contributed by atoms with Gasteiger partial charge in [-0.3, -0.25) is 0 Å². The van der Waals surface area contributed by atoms with Gasteiger partial charge in [0.05, 0.1) is 15.9 Å². The van der Waals surface area contributed by atoms with Gasteiger partial charge in [0, 0.05) is 6.54 Å². The first kappa shape index (κ1) is 18.2. The first-order valence-electron chi connectivity index (χ1n) is 9.89. The van der Waals surface area contributed by atoms with E-state index in [1.165, 1.54) is 68.2 Å². The van der Waals surface area contributed by atoms with Crippen molar-refractivity contribution in [2.75, 3.05) is 0 Å². The van der Waals surface area contributed by atoms with Crippen LogP contribution in [0.3, 0.4) is 0 Å². The maximum Gasteiger partial charge on any atom is 0.151 e. The monoisotopic (exact) mass is 354 g/mol. The molecular formula is C22H30N2S. The molecule has 134 valence electrons. The average Bonchev–Trinajstić information content (AvgIpc) is 3.28. The van der Waals surface area contributed by atoms with Gasteiger partial charge in [0.15, 0.2) is 5.82 Å². The summed E-state index contributed by atoms with van der Waals surface area (Å²) in [5, 5.41) is 2.14. The largest absolute Gasteiger partial charge is 0.323 e. The molecule has 3 aromatic rings. The predicted octanol–water partition coefficient (Wildman–Crippen LogP) is 7.30. The molecule has 0 radical (unpaired) electrons. The Bertz CT molecular complexity index is 743. The number of thiophene rings is 1. The molecule has 2 aromatic heterocycles. The Morgan fingerprint density at radius 1 is 0.840 bits per heavy atom. The Kier molecular flexibility index (Phi) is 7.10. The minimum Gasteiger partial charge on any atom is -0.323 e. The molecular weight excluding hydrogens is 324 g/mol. The molecule has 0 unspecified atom stereocenters. The lowest BCUT2D eigenvalue weighted by Gasteiger charge is -2.08. The van der Waals surface area contributed by atoms with Crippen LogP contribution in [0, 0.1) is 0 Å². The summed E-state index contributed by atoms with van der Waals surface area (Å²) in [6.45, 7) is 3.35. The molecule has 0 aliphatic carbocycles. The average molecular weight is 355 g/mol. The number of fused-ring (bicyclic) bond motifs is 1. The molecule has 2 heterocycles. The topological polar surface area (TPSA) is 17.8 Å². The van der Waals surface area contributed by atoms with Crippen molar-refractivity contribution in [3.05, 3.63) is 41.8 Å². The lowest BCUT2D eigenvalue weighted by molar-refractivity contribution is 0.544. The van der Waals surface area contributed by atoms with E-state index in [-0.39, 0.29) is 0 Å². The summed E-state index contributed by atoms with van der Waals surface area (Å²) in [5.41, 5.74) is 2.38. The Morgan fingerprint density at radius 2 is 1.56 bits per heavy atom. The second kappa shape index (κ2) is 9.76. The minimum absolute atomic E-state index is 1.07. The minimum atomic E-state index is 1.07. The van der Waals surface area contributed by atoms with E-state index in [1.807, 2.05) is 0 Å². The third-order valence-electron chi connectivity index (χ3n) is 4.88. The summed E-state index contributed by atoms with van der Waals surface area (Å²) in [5.74, 6) is 1.13. The fourth-order valence-electron chi connectivity index (χ4n) is 3.48. The van der Waals surface area contributed by atoms with Crippen LogP contribution in [0.5, 0.6) is 0 Å². The fourth-order valence-corrected chi connectivity index (χ4v) is 4.20.